The number of aromatic nitrogens is 1. The van der Waals surface area contributed by atoms with Crippen LogP contribution in [0.3, 0.4) is 0 Å². The van der Waals surface area contributed by atoms with Crippen LogP contribution in [-0.4, -0.2) is 33.9 Å². The molecule has 2 aromatic heterocycles. The molecule has 7 heteroatoms. The second-order valence-corrected chi connectivity index (χ2v) is 7.40. The number of fused-ring (bicyclic) bond motifs is 1. The highest BCUT2D eigenvalue weighted by Gasteiger charge is 2.29. The Kier molecular flexibility index (Phi) is 4.65. The van der Waals surface area contributed by atoms with Crippen molar-refractivity contribution in [1.29, 1.82) is 5.26 Å². The van der Waals surface area contributed by atoms with Crippen molar-refractivity contribution in [1.82, 2.24) is 9.88 Å². The lowest BCUT2D eigenvalue weighted by Crippen LogP contribution is -2.46. The number of likely N-dealkylation sites (tertiary alicyclic amines) is 1. The Balaban J connectivity index is 1.76. The van der Waals surface area contributed by atoms with E-state index in [1.165, 1.54) is 22.4 Å². The molecule has 1 aliphatic heterocycles. The number of amides is 1. The summed E-state index contributed by atoms with van der Waals surface area (Å²) in [5.74, 6) is 0.376. The first kappa shape index (κ1) is 17.3. The van der Waals surface area contributed by atoms with Gasteiger partial charge in [-0.3, -0.25) is 4.90 Å². The molecule has 6 nitrogen and oxygen atoms in total. The molecule has 4 rings (SSSR count). The fourth-order valence-electron chi connectivity index (χ4n) is 3.29. The van der Waals surface area contributed by atoms with Crippen LogP contribution in [0.15, 0.2) is 42.6 Å². The normalized spacial score (nSPS) is 16.9. The summed E-state index contributed by atoms with van der Waals surface area (Å²) in [5, 5.41) is 19.6. The zero-order valence-corrected chi connectivity index (χ0v) is 15.3. The smallest absolute Gasteiger partial charge is 0.410 e. The van der Waals surface area contributed by atoms with Gasteiger partial charge in [0.2, 0.25) is 5.88 Å². The van der Waals surface area contributed by atoms with Crippen LogP contribution in [0.4, 0.5) is 4.79 Å². The van der Waals surface area contributed by atoms with Crippen LogP contribution in [0.2, 0.25) is 0 Å². The minimum Gasteiger partial charge on any atom is -0.465 e. The highest BCUT2D eigenvalue weighted by atomic mass is 32.1. The molecule has 0 spiro atoms. The third-order valence-corrected chi connectivity index (χ3v) is 5.86. The van der Waals surface area contributed by atoms with Gasteiger partial charge in [0.1, 0.15) is 6.07 Å². The molecule has 0 saturated carbocycles. The maximum Gasteiger partial charge on any atom is 0.410 e. The Morgan fingerprint density at radius 2 is 2.15 bits per heavy atom. The summed E-state index contributed by atoms with van der Waals surface area (Å²) in [5.41, 5.74) is 1.54. The lowest BCUT2D eigenvalue weighted by atomic mass is 10.1. The number of thiophene rings is 1. The molecule has 1 fully saturated rings. The van der Waals surface area contributed by atoms with Crippen LogP contribution in [0.5, 0.6) is 5.88 Å². The van der Waals surface area contributed by atoms with Gasteiger partial charge in [0.15, 0.2) is 6.23 Å². The van der Waals surface area contributed by atoms with Crippen LogP contribution in [0, 0.1) is 11.3 Å². The van der Waals surface area contributed by atoms with E-state index in [4.69, 9.17) is 4.74 Å². The molecule has 1 atom stereocenters. The summed E-state index contributed by atoms with van der Waals surface area (Å²) in [6, 6.07) is 14.1. The van der Waals surface area contributed by atoms with Crippen LogP contribution in [-0.2, 0) is 0 Å². The number of carbonyl (C=O) groups is 1. The predicted molar refractivity (Wildman–Crippen MR) is 103 cm³/mol. The molecule has 1 amide bonds. The summed E-state index contributed by atoms with van der Waals surface area (Å²) in [4.78, 5) is 18.1. The van der Waals surface area contributed by atoms with Gasteiger partial charge in [-0.2, -0.15) is 5.26 Å². The van der Waals surface area contributed by atoms with Crippen molar-refractivity contribution in [2.75, 3.05) is 6.54 Å². The number of nitrogens with zero attached hydrogens (tertiary/aromatic N) is 3. The molecule has 1 saturated heterocycles. The maximum atomic E-state index is 11.5. The Hall–Kier alpha value is -3.11. The summed E-state index contributed by atoms with van der Waals surface area (Å²) in [6.07, 6.45) is 2.33. The van der Waals surface area contributed by atoms with E-state index >= 15 is 0 Å². The fourth-order valence-corrected chi connectivity index (χ4v) is 4.41. The van der Waals surface area contributed by atoms with Crippen molar-refractivity contribution in [3.05, 3.63) is 48.2 Å². The van der Waals surface area contributed by atoms with Gasteiger partial charge in [-0.15, -0.1) is 11.3 Å². The van der Waals surface area contributed by atoms with Gasteiger partial charge < -0.3 is 9.84 Å². The number of hydrogen-bond donors (Lipinski definition) is 1. The quantitative estimate of drug-likeness (QED) is 0.712. The average Bonchev–Trinajstić information content (AvgIpc) is 3.15. The monoisotopic (exact) mass is 379 g/mol. The molecule has 0 bridgehead atoms. The van der Waals surface area contributed by atoms with Gasteiger partial charge >= 0.3 is 6.09 Å². The average molecular weight is 379 g/mol. The molecule has 0 aliphatic carbocycles. The zero-order valence-electron chi connectivity index (χ0n) is 14.5. The van der Waals surface area contributed by atoms with E-state index in [-0.39, 0.29) is 0 Å². The number of ether oxygens (including phenoxy) is 1. The zero-order chi connectivity index (χ0) is 18.8. The van der Waals surface area contributed by atoms with Gasteiger partial charge in [-0.1, -0.05) is 30.3 Å². The molecule has 1 N–H and O–H groups in total. The highest BCUT2D eigenvalue weighted by Crippen LogP contribution is 2.39. The Morgan fingerprint density at radius 1 is 1.33 bits per heavy atom. The number of rotatable bonds is 3. The van der Waals surface area contributed by atoms with Crippen LogP contribution < -0.4 is 4.74 Å². The topological polar surface area (TPSA) is 86.5 Å². The molecule has 136 valence electrons. The van der Waals surface area contributed by atoms with Gasteiger partial charge in [-0.05, 0) is 24.5 Å². The molecular formula is C20H17N3O3S. The van der Waals surface area contributed by atoms with Gasteiger partial charge in [0, 0.05) is 17.8 Å². The number of pyridine rings is 1. The molecule has 1 aromatic carbocycles. The van der Waals surface area contributed by atoms with Crippen LogP contribution in [0.1, 0.15) is 24.8 Å². The molecule has 3 heterocycles. The lowest BCUT2D eigenvalue weighted by Gasteiger charge is -2.33. The lowest BCUT2D eigenvalue weighted by molar-refractivity contribution is 0.00436. The van der Waals surface area contributed by atoms with E-state index in [0.29, 0.717) is 24.4 Å². The first-order valence-electron chi connectivity index (χ1n) is 8.71. The molecule has 0 radical (unpaired) electrons. The third kappa shape index (κ3) is 3.32. The standard InChI is InChI=1S/C20H17N3O3S/c21-11-14-12-22-19(26-17-8-4-5-9-23(17)20(24)25)15-10-16(27-18(14)15)13-6-2-1-3-7-13/h1-3,6-7,10,12,17H,4-5,8-9H2,(H,24,25). The van der Waals surface area contributed by atoms with E-state index in [1.807, 2.05) is 36.4 Å². The molecular weight excluding hydrogens is 362 g/mol. The highest BCUT2D eigenvalue weighted by molar-refractivity contribution is 7.22. The van der Waals surface area contributed by atoms with Crippen molar-refractivity contribution < 1.29 is 14.6 Å². The molecule has 27 heavy (non-hydrogen) atoms. The summed E-state index contributed by atoms with van der Waals surface area (Å²) in [7, 11) is 0. The van der Waals surface area contributed by atoms with Gasteiger partial charge in [0.25, 0.3) is 0 Å². The summed E-state index contributed by atoms with van der Waals surface area (Å²) >= 11 is 1.51. The molecule has 3 aromatic rings. The van der Waals surface area contributed by atoms with Gasteiger partial charge in [0.05, 0.1) is 21.8 Å². The SMILES string of the molecule is N#Cc1cnc(OC2CCCCN2C(=O)O)c2cc(-c3ccccc3)sc12. The second-order valence-electron chi connectivity index (χ2n) is 6.35. The van der Waals surface area contributed by atoms with E-state index in [9.17, 15) is 15.2 Å². The Labute approximate surface area is 160 Å². The van der Waals surface area contributed by atoms with Crippen LogP contribution in [0.25, 0.3) is 20.5 Å². The van der Waals surface area contributed by atoms with E-state index in [1.54, 1.807) is 0 Å². The van der Waals surface area contributed by atoms with E-state index < -0.39 is 12.3 Å². The van der Waals surface area contributed by atoms with E-state index in [0.717, 1.165) is 33.4 Å². The first-order valence-corrected chi connectivity index (χ1v) is 9.53. The van der Waals surface area contributed by atoms with Crippen LogP contribution >= 0.6 is 11.3 Å². The maximum absolute atomic E-state index is 11.5. The van der Waals surface area contributed by atoms with Crippen molar-refractivity contribution in [2.24, 2.45) is 0 Å². The number of piperidine rings is 1. The minimum atomic E-state index is -0.986. The first-order chi connectivity index (χ1) is 13.2. The fraction of sp³-hybridized carbons (Fsp3) is 0.250. The number of nitriles is 1. The second kappa shape index (κ2) is 7.25. The Bertz CT molecular complexity index is 1030. The molecule has 1 aliphatic rings. The van der Waals surface area contributed by atoms with E-state index in [2.05, 4.69) is 11.1 Å². The minimum absolute atomic E-state index is 0.376. The van der Waals surface area contributed by atoms with Gasteiger partial charge in [-0.25, -0.2) is 9.78 Å². The van der Waals surface area contributed by atoms with Crippen molar-refractivity contribution in [3.8, 4) is 22.4 Å². The largest absolute Gasteiger partial charge is 0.465 e. The number of benzene rings is 1. The summed E-state index contributed by atoms with van der Waals surface area (Å²) < 4.78 is 6.83. The van der Waals surface area contributed by atoms with Crippen molar-refractivity contribution in [2.45, 2.75) is 25.5 Å². The van der Waals surface area contributed by atoms with Crippen molar-refractivity contribution >= 4 is 27.5 Å². The predicted octanol–water partition coefficient (Wildman–Crippen LogP) is 4.70. The Morgan fingerprint density at radius 3 is 2.89 bits per heavy atom. The summed E-state index contributed by atoms with van der Waals surface area (Å²) in [6.45, 7) is 0.457. The third-order valence-electron chi connectivity index (χ3n) is 4.64. The molecule has 1 unspecified atom stereocenters. The number of carboxylic acid groups (broad SMARTS) is 1. The number of hydrogen-bond acceptors (Lipinski definition) is 5. The van der Waals surface area contributed by atoms with Crippen molar-refractivity contribution in [3.63, 3.8) is 0 Å².